The summed E-state index contributed by atoms with van der Waals surface area (Å²) in [5, 5.41) is 12.6. The van der Waals surface area contributed by atoms with E-state index in [1.54, 1.807) is 0 Å². The third kappa shape index (κ3) is 4.37. The summed E-state index contributed by atoms with van der Waals surface area (Å²) in [5.74, 6) is -1.89. The van der Waals surface area contributed by atoms with Gasteiger partial charge in [0, 0.05) is 18.3 Å². The Kier molecular flexibility index (Phi) is 5.29. The third-order valence-corrected chi connectivity index (χ3v) is 3.25. The van der Waals surface area contributed by atoms with Gasteiger partial charge < -0.3 is 15.0 Å². The van der Waals surface area contributed by atoms with Crippen LogP contribution >= 0.6 is 0 Å². The number of aromatic amines is 1. The molecule has 1 heterocycles. The SMILES string of the molecule is C[C@H](OC(=O)c1ccc[nH]1)C(=O)Nc1ccc([N+](=O)[O-])cc1C(F)(F)F. The van der Waals surface area contributed by atoms with Gasteiger partial charge in [-0.3, -0.25) is 14.9 Å². The Hall–Kier alpha value is -3.37. The van der Waals surface area contributed by atoms with Gasteiger partial charge in [0.05, 0.1) is 16.2 Å². The average molecular weight is 371 g/mol. The number of hydrogen-bond donors (Lipinski definition) is 2. The Morgan fingerprint density at radius 3 is 2.54 bits per heavy atom. The number of nitrogens with one attached hydrogen (secondary N) is 2. The van der Waals surface area contributed by atoms with E-state index in [0.717, 1.165) is 12.1 Å². The van der Waals surface area contributed by atoms with Crippen LogP contribution in [-0.4, -0.2) is 27.9 Å². The molecule has 0 spiro atoms. The lowest BCUT2D eigenvalue weighted by atomic mass is 10.1. The Morgan fingerprint density at radius 1 is 1.31 bits per heavy atom. The lowest BCUT2D eigenvalue weighted by Gasteiger charge is -2.16. The van der Waals surface area contributed by atoms with Crippen molar-refractivity contribution in [2.45, 2.75) is 19.2 Å². The second kappa shape index (κ2) is 7.25. The van der Waals surface area contributed by atoms with Crippen molar-refractivity contribution >= 4 is 23.3 Å². The van der Waals surface area contributed by atoms with Gasteiger partial charge in [-0.2, -0.15) is 13.2 Å². The molecule has 2 rings (SSSR count). The number of rotatable bonds is 5. The van der Waals surface area contributed by atoms with Crippen molar-refractivity contribution in [1.29, 1.82) is 0 Å². The summed E-state index contributed by atoms with van der Waals surface area (Å²) in [7, 11) is 0. The van der Waals surface area contributed by atoms with Gasteiger partial charge in [0.15, 0.2) is 6.10 Å². The van der Waals surface area contributed by atoms with Crippen LogP contribution in [0.5, 0.6) is 0 Å². The Balaban J connectivity index is 2.17. The molecule has 0 aliphatic carbocycles. The van der Waals surface area contributed by atoms with Crippen LogP contribution in [0.4, 0.5) is 24.5 Å². The number of esters is 1. The van der Waals surface area contributed by atoms with E-state index in [-0.39, 0.29) is 5.69 Å². The minimum Gasteiger partial charge on any atom is -0.448 e. The molecule has 1 atom stereocenters. The number of anilines is 1. The quantitative estimate of drug-likeness (QED) is 0.476. The highest BCUT2D eigenvalue weighted by molar-refractivity contribution is 5.97. The fourth-order valence-corrected chi connectivity index (χ4v) is 1.96. The molecule has 2 N–H and O–H groups in total. The number of hydrogen-bond acceptors (Lipinski definition) is 5. The van der Waals surface area contributed by atoms with Gasteiger partial charge in [0.2, 0.25) is 0 Å². The van der Waals surface area contributed by atoms with E-state index in [0.29, 0.717) is 6.07 Å². The Labute approximate surface area is 144 Å². The predicted octanol–water partition coefficient (Wildman–Crippen LogP) is 3.13. The number of amides is 1. The van der Waals surface area contributed by atoms with Crippen molar-refractivity contribution in [3.05, 3.63) is 57.9 Å². The molecule has 0 bridgehead atoms. The van der Waals surface area contributed by atoms with Crippen LogP contribution in [0.1, 0.15) is 23.0 Å². The number of halogens is 3. The molecule has 1 amide bonds. The van der Waals surface area contributed by atoms with E-state index in [1.165, 1.54) is 25.3 Å². The van der Waals surface area contributed by atoms with Crippen molar-refractivity contribution in [2.75, 3.05) is 5.32 Å². The van der Waals surface area contributed by atoms with Crippen molar-refractivity contribution < 1.29 is 32.4 Å². The van der Waals surface area contributed by atoms with Gasteiger partial charge in [0.25, 0.3) is 11.6 Å². The van der Waals surface area contributed by atoms with Crippen LogP contribution in [0, 0.1) is 10.1 Å². The molecule has 1 aromatic carbocycles. The van der Waals surface area contributed by atoms with Crippen LogP contribution in [-0.2, 0) is 15.7 Å². The summed E-state index contributed by atoms with van der Waals surface area (Å²) in [5.41, 5.74) is -2.78. The molecule has 138 valence electrons. The number of nitro benzene ring substituents is 1. The predicted molar refractivity (Wildman–Crippen MR) is 82.4 cm³/mol. The molecule has 0 aliphatic heterocycles. The molecule has 0 radical (unpaired) electrons. The lowest BCUT2D eigenvalue weighted by Crippen LogP contribution is -2.31. The molecule has 0 aliphatic rings. The molecule has 26 heavy (non-hydrogen) atoms. The van der Waals surface area contributed by atoms with Gasteiger partial charge in [-0.25, -0.2) is 4.79 Å². The first kappa shape index (κ1) is 19.0. The Bertz CT molecular complexity index is 834. The van der Waals surface area contributed by atoms with E-state index >= 15 is 0 Å². The highest BCUT2D eigenvalue weighted by Gasteiger charge is 2.36. The van der Waals surface area contributed by atoms with Crippen molar-refractivity contribution in [3.63, 3.8) is 0 Å². The summed E-state index contributed by atoms with van der Waals surface area (Å²) in [6, 6.07) is 4.81. The second-order valence-corrected chi connectivity index (χ2v) is 5.11. The minimum absolute atomic E-state index is 0.0657. The maximum Gasteiger partial charge on any atom is 0.418 e. The van der Waals surface area contributed by atoms with Crippen LogP contribution < -0.4 is 5.32 Å². The maximum absolute atomic E-state index is 13.1. The van der Waals surface area contributed by atoms with Crippen molar-refractivity contribution in [1.82, 2.24) is 4.98 Å². The van der Waals surface area contributed by atoms with Gasteiger partial charge in [-0.1, -0.05) is 0 Å². The summed E-state index contributed by atoms with van der Waals surface area (Å²) < 4.78 is 44.1. The largest absolute Gasteiger partial charge is 0.448 e. The van der Waals surface area contributed by atoms with E-state index < -0.39 is 46.0 Å². The van der Waals surface area contributed by atoms with E-state index in [1.807, 2.05) is 5.32 Å². The zero-order chi connectivity index (χ0) is 19.5. The summed E-state index contributed by atoms with van der Waals surface area (Å²) in [6.07, 6.45) is -4.88. The average Bonchev–Trinajstić information content (AvgIpc) is 3.08. The van der Waals surface area contributed by atoms with Crippen LogP contribution in [0.3, 0.4) is 0 Å². The molecule has 0 fully saturated rings. The molecule has 0 saturated heterocycles. The number of H-pyrrole nitrogens is 1. The first-order chi connectivity index (χ1) is 12.1. The van der Waals surface area contributed by atoms with Crippen LogP contribution in [0.15, 0.2) is 36.5 Å². The second-order valence-electron chi connectivity index (χ2n) is 5.11. The normalized spacial score (nSPS) is 12.3. The zero-order valence-electron chi connectivity index (χ0n) is 13.2. The number of carbonyl (C=O) groups is 2. The Morgan fingerprint density at radius 2 is 2.00 bits per heavy atom. The van der Waals surface area contributed by atoms with Crippen molar-refractivity contribution in [2.24, 2.45) is 0 Å². The molecule has 0 unspecified atom stereocenters. The topological polar surface area (TPSA) is 114 Å². The number of non-ortho nitro benzene ring substituents is 1. The van der Waals surface area contributed by atoms with Crippen molar-refractivity contribution in [3.8, 4) is 0 Å². The summed E-state index contributed by atoms with van der Waals surface area (Å²) >= 11 is 0. The highest BCUT2D eigenvalue weighted by Crippen LogP contribution is 2.37. The fourth-order valence-electron chi connectivity index (χ4n) is 1.96. The molecule has 2 aromatic rings. The van der Waals surface area contributed by atoms with E-state index in [4.69, 9.17) is 4.74 Å². The minimum atomic E-state index is -4.93. The zero-order valence-corrected chi connectivity index (χ0v) is 13.2. The van der Waals surface area contributed by atoms with Gasteiger partial charge in [-0.15, -0.1) is 0 Å². The highest BCUT2D eigenvalue weighted by atomic mass is 19.4. The fraction of sp³-hybridized carbons (Fsp3) is 0.200. The summed E-state index contributed by atoms with van der Waals surface area (Å²) in [4.78, 5) is 36.0. The number of ether oxygens (including phenoxy) is 1. The smallest absolute Gasteiger partial charge is 0.418 e. The number of aromatic nitrogens is 1. The first-order valence-corrected chi connectivity index (χ1v) is 7.10. The number of nitro groups is 1. The lowest BCUT2D eigenvalue weighted by molar-refractivity contribution is -0.385. The number of nitrogens with zero attached hydrogens (tertiary/aromatic N) is 1. The van der Waals surface area contributed by atoms with E-state index in [9.17, 15) is 32.9 Å². The monoisotopic (exact) mass is 371 g/mol. The van der Waals surface area contributed by atoms with Gasteiger partial charge in [0.1, 0.15) is 5.69 Å². The molecule has 8 nitrogen and oxygen atoms in total. The van der Waals surface area contributed by atoms with Crippen LogP contribution in [0.2, 0.25) is 0 Å². The molecule has 1 aromatic heterocycles. The van der Waals surface area contributed by atoms with Gasteiger partial charge >= 0.3 is 12.1 Å². The van der Waals surface area contributed by atoms with Crippen LogP contribution in [0.25, 0.3) is 0 Å². The molecular weight excluding hydrogens is 359 g/mol. The standard InChI is InChI=1S/C15H12F3N3O5/c1-8(26-14(23)12-3-2-6-19-12)13(22)20-11-5-4-9(21(24)25)7-10(11)15(16,17)18/h2-8,19H,1H3,(H,20,22)/t8-/m0/s1. The number of alkyl halides is 3. The third-order valence-electron chi connectivity index (χ3n) is 3.25. The molecule has 0 saturated carbocycles. The maximum atomic E-state index is 13.1. The van der Waals surface area contributed by atoms with Gasteiger partial charge in [-0.05, 0) is 25.1 Å². The van der Waals surface area contributed by atoms with E-state index in [2.05, 4.69) is 4.98 Å². The first-order valence-electron chi connectivity index (χ1n) is 7.10. The summed E-state index contributed by atoms with van der Waals surface area (Å²) in [6.45, 7) is 1.18. The number of carbonyl (C=O) groups excluding carboxylic acids is 2. The molecular formula is C15H12F3N3O5. The number of benzene rings is 1. The molecule has 11 heteroatoms.